The number of nitrogens with one attached hydrogen (secondary N) is 1. The second kappa shape index (κ2) is 9.28. The molecule has 1 amide bonds. The Morgan fingerprint density at radius 1 is 1.04 bits per heavy atom. The molecule has 28 heavy (non-hydrogen) atoms. The van der Waals surface area contributed by atoms with Gasteiger partial charge >= 0.3 is 6.09 Å². The first-order valence-electron chi connectivity index (χ1n) is 11.5. The topological polar surface area (TPSA) is 51.3 Å². The number of rotatable bonds is 6. The molecule has 4 fully saturated rings. The van der Waals surface area contributed by atoms with Crippen LogP contribution in [0.15, 0.2) is 0 Å². The lowest BCUT2D eigenvalue weighted by molar-refractivity contribution is -0.00340. The van der Waals surface area contributed by atoms with Gasteiger partial charge in [0.15, 0.2) is 0 Å². The predicted molar refractivity (Wildman–Crippen MR) is 111 cm³/mol. The molecule has 4 rings (SSSR count). The Balaban J connectivity index is 1.19. The Kier molecular flexibility index (Phi) is 6.76. The van der Waals surface area contributed by atoms with Crippen molar-refractivity contribution < 1.29 is 9.53 Å². The van der Waals surface area contributed by atoms with Gasteiger partial charge in [0.25, 0.3) is 0 Å². The maximum absolute atomic E-state index is 12.5. The van der Waals surface area contributed by atoms with Crippen LogP contribution >= 0.6 is 0 Å². The summed E-state index contributed by atoms with van der Waals surface area (Å²) in [4.78, 5) is 22.0. The maximum atomic E-state index is 12.5. The third kappa shape index (κ3) is 4.99. The zero-order valence-corrected chi connectivity index (χ0v) is 17.7. The molecule has 0 bridgehead atoms. The van der Waals surface area contributed by atoms with E-state index in [0.29, 0.717) is 0 Å². The van der Waals surface area contributed by atoms with Gasteiger partial charge in [-0.25, -0.2) is 4.79 Å². The summed E-state index contributed by atoms with van der Waals surface area (Å²) in [6, 6.07) is 0. The second-order valence-corrected chi connectivity index (χ2v) is 9.26. The predicted octanol–water partition coefficient (Wildman–Crippen LogP) is 0.910. The van der Waals surface area contributed by atoms with Crippen molar-refractivity contribution in [2.24, 2.45) is 5.92 Å². The molecule has 4 saturated heterocycles. The van der Waals surface area contributed by atoms with Crippen molar-refractivity contribution in [3.63, 3.8) is 0 Å². The average molecular weight is 394 g/mol. The molecule has 0 saturated carbocycles. The summed E-state index contributed by atoms with van der Waals surface area (Å²) in [6.07, 6.45) is 4.55. The van der Waals surface area contributed by atoms with Gasteiger partial charge in [-0.1, -0.05) is 6.92 Å². The van der Waals surface area contributed by atoms with Crippen molar-refractivity contribution in [1.29, 1.82) is 0 Å². The number of likely N-dealkylation sites (N-methyl/N-ethyl adjacent to an activating group) is 1. The number of nitrogens with zero attached hydrogens (tertiary/aromatic N) is 4. The molecule has 0 aromatic carbocycles. The van der Waals surface area contributed by atoms with Gasteiger partial charge in [0, 0.05) is 71.7 Å². The molecule has 0 aliphatic carbocycles. The lowest BCUT2D eigenvalue weighted by atomic mass is 9.90. The standard InChI is InChI=1S/C21H39N5O2/c1-2-23-10-12-24(13-11-23)14-15-26-18-21(28-20(26)27)5-8-25(9-6-21)17-19-4-3-7-22-16-19/h19,22H,2-18H2,1H3/t19-/m1/s1. The number of hydrogen-bond acceptors (Lipinski definition) is 6. The summed E-state index contributed by atoms with van der Waals surface area (Å²) in [5, 5.41) is 3.52. The Bertz CT molecular complexity index is 509. The number of hydrogen-bond donors (Lipinski definition) is 1. The van der Waals surface area contributed by atoms with E-state index in [0.717, 1.165) is 90.8 Å². The van der Waals surface area contributed by atoms with Gasteiger partial charge in [-0.2, -0.15) is 0 Å². The monoisotopic (exact) mass is 393 g/mol. The summed E-state index contributed by atoms with van der Waals surface area (Å²) >= 11 is 0. The van der Waals surface area contributed by atoms with Crippen molar-refractivity contribution in [3.8, 4) is 0 Å². The highest BCUT2D eigenvalue weighted by Crippen LogP contribution is 2.33. The van der Waals surface area contributed by atoms with Crippen molar-refractivity contribution in [2.75, 3.05) is 85.1 Å². The highest BCUT2D eigenvalue weighted by atomic mass is 16.6. The summed E-state index contributed by atoms with van der Waals surface area (Å²) in [6.45, 7) is 16.2. The number of ether oxygens (including phenoxy) is 1. The zero-order chi connectivity index (χ0) is 19.4. The molecule has 4 aliphatic rings. The van der Waals surface area contributed by atoms with Crippen LogP contribution in [-0.2, 0) is 4.74 Å². The van der Waals surface area contributed by atoms with Crippen LogP contribution in [0.2, 0.25) is 0 Å². The Hall–Kier alpha value is -0.890. The van der Waals surface area contributed by atoms with Crippen LogP contribution in [0.3, 0.4) is 0 Å². The SMILES string of the molecule is CCN1CCN(CCN2CC3(CCN(C[C@@H]4CCCNC4)CC3)OC2=O)CC1. The first kappa shape index (κ1) is 20.4. The van der Waals surface area contributed by atoms with Crippen molar-refractivity contribution >= 4 is 6.09 Å². The van der Waals surface area contributed by atoms with Gasteiger partial charge in [-0.3, -0.25) is 4.90 Å². The van der Waals surface area contributed by atoms with Gasteiger partial charge in [-0.05, 0) is 38.4 Å². The molecule has 160 valence electrons. The summed E-state index contributed by atoms with van der Waals surface area (Å²) in [7, 11) is 0. The van der Waals surface area contributed by atoms with Gasteiger partial charge in [0.1, 0.15) is 5.60 Å². The Morgan fingerprint density at radius 3 is 2.46 bits per heavy atom. The van der Waals surface area contributed by atoms with E-state index in [2.05, 4.69) is 26.9 Å². The molecule has 0 aromatic heterocycles. The van der Waals surface area contributed by atoms with E-state index >= 15 is 0 Å². The number of piperazine rings is 1. The normalized spacial score (nSPS) is 30.1. The van der Waals surface area contributed by atoms with Gasteiger partial charge in [-0.15, -0.1) is 0 Å². The third-order valence-electron chi connectivity index (χ3n) is 7.32. The zero-order valence-electron chi connectivity index (χ0n) is 17.7. The van der Waals surface area contributed by atoms with Gasteiger partial charge in [0.05, 0.1) is 6.54 Å². The molecule has 0 aromatic rings. The van der Waals surface area contributed by atoms with E-state index in [4.69, 9.17) is 4.74 Å². The lowest BCUT2D eigenvalue weighted by Gasteiger charge is -2.39. The molecule has 1 N–H and O–H groups in total. The highest BCUT2D eigenvalue weighted by Gasteiger charge is 2.46. The van der Waals surface area contributed by atoms with E-state index in [1.807, 2.05) is 4.90 Å². The van der Waals surface area contributed by atoms with Gasteiger partial charge < -0.3 is 24.8 Å². The second-order valence-electron chi connectivity index (χ2n) is 9.26. The minimum atomic E-state index is -0.223. The summed E-state index contributed by atoms with van der Waals surface area (Å²) in [5.41, 5.74) is -0.223. The van der Waals surface area contributed by atoms with Crippen LogP contribution in [0, 0.1) is 5.92 Å². The van der Waals surface area contributed by atoms with Crippen LogP contribution in [0.4, 0.5) is 4.79 Å². The largest absolute Gasteiger partial charge is 0.441 e. The number of amides is 1. The molecule has 4 heterocycles. The van der Waals surface area contributed by atoms with Crippen molar-refractivity contribution in [1.82, 2.24) is 24.9 Å². The molecule has 4 aliphatic heterocycles. The fraction of sp³-hybridized carbons (Fsp3) is 0.952. The molecular weight excluding hydrogens is 354 g/mol. The minimum absolute atomic E-state index is 0.0860. The molecular formula is C21H39N5O2. The maximum Gasteiger partial charge on any atom is 0.410 e. The third-order valence-corrected chi connectivity index (χ3v) is 7.32. The fourth-order valence-corrected chi connectivity index (χ4v) is 5.30. The van der Waals surface area contributed by atoms with E-state index in [1.165, 1.54) is 25.9 Å². The van der Waals surface area contributed by atoms with Crippen LogP contribution in [0.5, 0.6) is 0 Å². The highest BCUT2D eigenvalue weighted by molar-refractivity contribution is 5.70. The molecule has 7 nitrogen and oxygen atoms in total. The van der Waals surface area contributed by atoms with E-state index in [9.17, 15) is 4.79 Å². The van der Waals surface area contributed by atoms with E-state index in [1.54, 1.807) is 0 Å². The van der Waals surface area contributed by atoms with Crippen LogP contribution in [0.25, 0.3) is 0 Å². The van der Waals surface area contributed by atoms with E-state index in [-0.39, 0.29) is 11.7 Å². The Morgan fingerprint density at radius 2 is 1.79 bits per heavy atom. The average Bonchev–Trinajstić information content (AvgIpc) is 3.04. The number of piperidine rings is 2. The Labute approximate surface area is 170 Å². The lowest BCUT2D eigenvalue weighted by Crippen LogP contribution is -2.50. The summed E-state index contributed by atoms with van der Waals surface area (Å²) < 4.78 is 5.94. The van der Waals surface area contributed by atoms with Gasteiger partial charge in [0.2, 0.25) is 0 Å². The first-order valence-corrected chi connectivity index (χ1v) is 11.5. The van der Waals surface area contributed by atoms with E-state index < -0.39 is 0 Å². The first-order chi connectivity index (χ1) is 13.7. The number of carbonyl (C=O) groups is 1. The van der Waals surface area contributed by atoms with Crippen LogP contribution in [-0.4, -0.2) is 116 Å². The molecule has 0 unspecified atom stereocenters. The molecule has 0 radical (unpaired) electrons. The molecule has 1 spiro atoms. The molecule has 7 heteroatoms. The number of carbonyl (C=O) groups excluding carboxylic acids is 1. The quantitative estimate of drug-likeness (QED) is 0.724. The molecule has 1 atom stereocenters. The van der Waals surface area contributed by atoms with Crippen molar-refractivity contribution in [2.45, 2.75) is 38.2 Å². The number of likely N-dealkylation sites (tertiary alicyclic amines) is 1. The van der Waals surface area contributed by atoms with Crippen LogP contribution in [0.1, 0.15) is 32.6 Å². The van der Waals surface area contributed by atoms with Crippen LogP contribution < -0.4 is 5.32 Å². The minimum Gasteiger partial charge on any atom is -0.441 e. The summed E-state index contributed by atoms with van der Waals surface area (Å²) in [5.74, 6) is 0.790. The fourth-order valence-electron chi connectivity index (χ4n) is 5.30. The van der Waals surface area contributed by atoms with Crippen molar-refractivity contribution in [3.05, 3.63) is 0 Å². The smallest absolute Gasteiger partial charge is 0.410 e.